The molecular formula is C13H12ClNO3. The average molecular weight is 266 g/mol. The molecule has 18 heavy (non-hydrogen) atoms. The summed E-state index contributed by atoms with van der Waals surface area (Å²) in [6.45, 7) is 2.45. The van der Waals surface area contributed by atoms with Crippen LogP contribution >= 0.6 is 11.6 Å². The summed E-state index contributed by atoms with van der Waals surface area (Å²) < 4.78 is 5.28. The molecule has 0 spiro atoms. The summed E-state index contributed by atoms with van der Waals surface area (Å²) >= 11 is 5.79. The Labute approximate surface area is 109 Å². The second kappa shape index (κ2) is 5.14. The van der Waals surface area contributed by atoms with E-state index in [1.165, 1.54) is 6.07 Å². The van der Waals surface area contributed by atoms with Gasteiger partial charge in [-0.15, -0.1) is 0 Å². The first-order chi connectivity index (χ1) is 8.58. The standard InChI is InChI=1S/C13H12ClNO3/c1-8-4-5-18-12(8)7-15-9-2-3-11(14)10(6-9)13(16)17/h2-6,15H,7H2,1H3,(H,16,17). The Hall–Kier alpha value is -1.94. The van der Waals surface area contributed by atoms with Crippen LogP contribution in [0.15, 0.2) is 34.9 Å². The van der Waals surface area contributed by atoms with Crippen molar-refractivity contribution >= 4 is 23.3 Å². The zero-order valence-corrected chi connectivity index (χ0v) is 10.5. The van der Waals surface area contributed by atoms with Crippen LogP contribution in [0.25, 0.3) is 0 Å². The van der Waals surface area contributed by atoms with E-state index in [0.717, 1.165) is 11.3 Å². The molecular weight excluding hydrogens is 254 g/mol. The van der Waals surface area contributed by atoms with Crippen LogP contribution < -0.4 is 5.32 Å². The number of hydrogen-bond acceptors (Lipinski definition) is 3. The molecule has 0 saturated heterocycles. The third kappa shape index (κ3) is 2.65. The van der Waals surface area contributed by atoms with Gasteiger partial charge < -0.3 is 14.8 Å². The second-order valence-corrected chi connectivity index (χ2v) is 4.29. The van der Waals surface area contributed by atoms with E-state index in [4.69, 9.17) is 21.1 Å². The van der Waals surface area contributed by atoms with Gasteiger partial charge >= 0.3 is 5.97 Å². The van der Waals surface area contributed by atoms with Crippen molar-refractivity contribution in [2.75, 3.05) is 5.32 Å². The number of anilines is 1. The SMILES string of the molecule is Cc1ccoc1CNc1ccc(Cl)c(C(=O)O)c1. The molecule has 2 rings (SSSR count). The fraction of sp³-hybridized carbons (Fsp3) is 0.154. The summed E-state index contributed by atoms with van der Waals surface area (Å²) in [4.78, 5) is 10.9. The van der Waals surface area contributed by atoms with E-state index in [1.54, 1.807) is 18.4 Å². The van der Waals surface area contributed by atoms with Crippen molar-refractivity contribution in [1.29, 1.82) is 0 Å². The third-order valence-corrected chi connectivity index (χ3v) is 2.95. The van der Waals surface area contributed by atoms with Crippen LogP contribution in [0.3, 0.4) is 0 Å². The highest BCUT2D eigenvalue weighted by Crippen LogP contribution is 2.21. The van der Waals surface area contributed by atoms with E-state index < -0.39 is 5.97 Å². The number of carbonyl (C=O) groups is 1. The third-order valence-electron chi connectivity index (χ3n) is 2.62. The number of rotatable bonds is 4. The maximum absolute atomic E-state index is 10.9. The van der Waals surface area contributed by atoms with Gasteiger partial charge in [-0.1, -0.05) is 11.6 Å². The summed E-state index contributed by atoms with van der Waals surface area (Å²) in [5.41, 5.74) is 1.82. The van der Waals surface area contributed by atoms with Gasteiger partial charge in [0.05, 0.1) is 23.4 Å². The number of benzene rings is 1. The molecule has 0 bridgehead atoms. The van der Waals surface area contributed by atoms with Gasteiger partial charge in [-0.25, -0.2) is 4.79 Å². The van der Waals surface area contributed by atoms with Gasteiger partial charge in [0.15, 0.2) is 0 Å². The van der Waals surface area contributed by atoms with Crippen molar-refractivity contribution < 1.29 is 14.3 Å². The molecule has 2 N–H and O–H groups in total. The number of nitrogens with one attached hydrogen (secondary N) is 1. The van der Waals surface area contributed by atoms with Crippen LogP contribution in [0.4, 0.5) is 5.69 Å². The number of aromatic carboxylic acids is 1. The van der Waals surface area contributed by atoms with Gasteiger partial charge in [0.25, 0.3) is 0 Å². The Morgan fingerprint density at radius 3 is 2.83 bits per heavy atom. The highest BCUT2D eigenvalue weighted by Gasteiger charge is 2.09. The Morgan fingerprint density at radius 2 is 2.22 bits per heavy atom. The maximum Gasteiger partial charge on any atom is 0.337 e. The summed E-state index contributed by atoms with van der Waals surface area (Å²) in [5.74, 6) is -0.223. The quantitative estimate of drug-likeness (QED) is 0.887. The molecule has 0 radical (unpaired) electrons. The van der Waals surface area contributed by atoms with Crippen LogP contribution in [0.1, 0.15) is 21.7 Å². The first-order valence-electron chi connectivity index (χ1n) is 5.37. The Bertz CT molecular complexity index is 577. The minimum Gasteiger partial charge on any atom is -0.478 e. The number of halogens is 1. The lowest BCUT2D eigenvalue weighted by Crippen LogP contribution is -2.02. The van der Waals surface area contributed by atoms with E-state index in [-0.39, 0.29) is 10.6 Å². The van der Waals surface area contributed by atoms with Crippen molar-refractivity contribution in [2.24, 2.45) is 0 Å². The van der Waals surface area contributed by atoms with Crippen molar-refractivity contribution in [3.05, 3.63) is 52.4 Å². The highest BCUT2D eigenvalue weighted by atomic mass is 35.5. The molecule has 1 aromatic carbocycles. The largest absolute Gasteiger partial charge is 0.478 e. The molecule has 5 heteroatoms. The topological polar surface area (TPSA) is 62.5 Å². The first kappa shape index (κ1) is 12.5. The van der Waals surface area contributed by atoms with E-state index in [0.29, 0.717) is 12.2 Å². The molecule has 1 aromatic heterocycles. The van der Waals surface area contributed by atoms with Gasteiger partial charge in [0.1, 0.15) is 5.76 Å². The minimum absolute atomic E-state index is 0.0813. The fourth-order valence-corrected chi connectivity index (χ4v) is 1.77. The number of aryl methyl sites for hydroxylation is 1. The van der Waals surface area contributed by atoms with Crippen LogP contribution in [0, 0.1) is 6.92 Å². The predicted molar refractivity (Wildman–Crippen MR) is 69.2 cm³/mol. The summed E-state index contributed by atoms with van der Waals surface area (Å²) in [6, 6.07) is 6.67. The van der Waals surface area contributed by atoms with Crippen molar-refractivity contribution in [1.82, 2.24) is 0 Å². The van der Waals surface area contributed by atoms with Gasteiger partial charge in [0.2, 0.25) is 0 Å². The average Bonchev–Trinajstić information content (AvgIpc) is 2.73. The van der Waals surface area contributed by atoms with Crippen LogP contribution in [-0.4, -0.2) is 11.1 Å². The molecule has 0 saturated carbocycles. The minimum atomic E-state index is -1.04. The highest BCUT2D eigenvalue weighted by molar-refractivity contribution is 6.33. The number of furan rings is 1. The van der Waals surface area contributed by atoms with E-state index in [1.807, 2.05) is 13.0 Å². The monoisotopic (exact) mass is 265 g/mol. The van der Waals surface area contributed by atoms with E-state index in [9.17, 15) is 4.79 Å². The molecule has 2 aromatic rings. The lowest BCUT2D eigenvalue weighted by atomic mass is 10.2. The number of carboxylic acids is 1. The zero-order valence-electron chi connectivity index (χ0n) is 9.74. The van der Waals surface area contributed by atoms with E-state index in [2.05, 4.69) is 5.32 Å². The summed E-state index contributed by atoms with van der Waals surface area (Å²) in [7, 11) is 0. The molecule has 0 amide bonds. The Kier molecular flexibility index (Phi) is 3.58. The van der Waals surface area contributed by atoms with Crippen molar-refractivity contribution in [3.63, 3.8) is 0 Å². The molecule has 0 atom stereocenters. The molecule has 0 unspecified atom stereocenters. The van der Waals surface area contributed by atoms with Crippen molar-refractivity contribution in [3.8, 4) is 0 Å². The molecule has 1 heterocycles. The van der Waals surface area contributed by atoms with Gasteiger partial charge in [-0.2, -0.15) is 0 Å². The summed E-state index contributed by atoms with van der Waals surface area (Å²) in [5, 5.41) is 12.3. The lowest BCUT2D eigenvalue weighted by molar-refractivity contribution is 0.0697. The molecule has 0 aliphatic rings. The Morgan fingerprint density at radius 1 is 1.44 bits per heavy atom. The zero-order chi connectivity index (χ0) is 13.1. The van der Waals surface area contributed by atoms with Crippen LogP contribution in [0.2, 0.25) is 5.02 Å². The van der Waals surface area contributed by atoms with Gasteiger partial charge in [-0.05, 0) is 36.8 Å². The molecule has 4 nitrogen and oxygen atoms in total. The van der Waals surface area contributed by atoms with Crippen molar-refractivity contribution in [2.45, 2.75) is 13.5 Å². The van der Waals surface area contributed by atoms with E-state index >= 15 is 0 Å². The smallest absolute Gasteiger partial charge is 0.337 e. The van der Waals surface area contributed by atoms with Crippen LogP contribution in [-0.2, 0) is 6.54 Å². The summed E-state index contributed by atoms with van der Waals surface area (Å²) in [6.07, 6.45) is 1.62. The number of hydrogen-bond donors (Lipinski definition) is 2. The first-order valence-corrected chi connectivity index (χ1v) is 5.75. The molecule has 0 aliphatic heterocycles. The molecule has 0 aliphatic carbocycles. The lowest BCUT2D eigenvalue weighted by Gasteiger charge is -2.07. The van der Waals surface area contributed by atoms with Gasteiger partial charge in [-0.3, -0.25) is 0 Å². The predicted octanol–water partition coefficient (Wildman–Crippen LogP) is 3.55. The molecule has 94 valence electrons. The number of carboxylic acid groups (broad SMARTS) is 1. The molecule has 0 fully saturated rings. The normalized spacial score (nSPS) is 10.3. The van der Waals surface area contributed by atoms with Gasteiger partial charge in [0, 0.05) is 5.69 Å². The second-order valence-electron chi connectivity index (χ2n) is 3.88. The fourth-order valence-electron chi connectivity index (χ4n) is 1.57. The Balaban J connectivity index is 2.13. The maximum atomic E-state index is 10.9. The van der Waals surface area contributed by atoms with Crippen LogP contribution in [0.5, 0.6) is 0 Å².